The first-order valence-corrected chi connectivity index (χ1v) is 5.07. The molecule has 0 amide bonds. The second-order valence-electron chi connectivity index (χ2n) is 3.92. The summed E-state index contributed by atoms with van der Waals surface area (Å²) in [5.74, 6) is 1.19. The van der Waals surface area contributed by atoms with Crippen molar-refractivity contribution in [2.24, 2.45) is 11.8 Å². The molecular formula is C11H15NO2. The molecule has 1 aliphatic rings. The molecule has 0 bridgehead atoms. The van der Waals surface area contributed by atoms with Gasteiger partial charge in [-0.15, -0.1) is 0 Å². The summed E-state index contributed by atoms with van der Waals surface area (Å²) in [5, 5.41) is 3.28. The van der Waals surface area contributed by atoms with Crippen LogP contribution in [0.3, 0.4) is 0 Å². The highest BCUT2D eigenvalue weighted by atomic mass is 16.3. The fourth-order valence-electron chi connectivity index (χ4n) is 2.01. The van der Waals surface area contributed by atoms with Gasteiger partial charge in [0.2, 0.25) is 5.78 Å². The quantitative estimate of drug-likeness (QED) is 0.727. The minimum Gasteiger partial charge on any atom is -0.461 e. The second-order valence-corrected chi connectivity index (χ2v) is 3.92. The summed E-state index contributed by atoms with van der Waals surface area (Å²) in [7, 11) is 0. The summed E-state index contributed by atoms with van der Waals surface area (Å²) in [5.41, 5.74) is 0. The lowest BCUT2D eigenvalue weighted by molar-refractivity contribution is 0.0819. The summed E-state index contributed by atoms with van der Waals surface area (Å²) in [6, 6.07) is 3.51. The monoisotopic (exact) mass is 193 g/mol. The van der Waals surface area contributed by atoms with E-state index >= 15 is 0 Å². The number of piperidine rings is 1. The Morgan fingerprint density at radius 2 is 2.50 bits per heavy atom. The Labute approximate surface area is 83.5 Å². The van der Waals surface area contributed by atoms with Crippen molar-refractivity contribution >= 4 is 5.78 Å². The van der Waals surface area contributed by atoms with Gasteiger partial charge in [0.15, 0.2) is 5.76 Å². The number of carbonyl (C=O) groups excluding carboxylic acids is 1. The molecule has 1 saturated heterocycles. The highest BCUT2D eigenvalue weighted by Gasteiger charge is 2.29. The molecule has 0 aromatic carbocycles. The lowest BCUT2D eigenvalue weighted by Crippen LogP contribution is -2.38. The summed E-state index contributed by atoms with van der Waals surface area (Å²) in [4.78, 5) is 11.9. The average molecular weight is 193 g/mol. The van der Waals surface area contributed by atoms with Crippen molar-refractivity contribution in [2.75, 3.05) is 13.1 Å². The van der Waals surface area contributed by atoms with Crippen LogP contribution in [0.4, 0.5) is 0 Å². The summed E-state index contributed by atoms with van der Waals surface area (Å²) in [6.07, 6.45) is 2.47. The van der Waals surface area contributed by atoms with E-state index in [9.17, 15) is 4.79 Å². The Balaban J connectivity index is 2.10. The van der Waals surface area contributed by atoms with Gasteiger partial charge in [0, 0.05) is 5.92 Å². The van der Waals surface area contributed by atoms with Gasteiger partial charge in [-0.2, -0.15) is 0 Å². The first-order chi connectivity index (χ1) is 6.79. The van der Waals surface area contributed by atoms with Gasteiger partial charge >= 0.3 is 0 Å². The van der Waals surface area contributed by atoms with E-state index in [1.165, 1.54) is 0 Å². The lowest BCUT2D eigenvalue weighted by atomic mass is 9.84. The number of furan rings is 1. The molecule has 1 N–H and O–H groups in total. The Morgan fingerprint density at radius 3 is 3.14 bits per heavy atom. The highest BCUT2D eigenvalue weighted by molar-refractivity contribution is 5.95. The van der Waals surface area contributed by atoms with Gasteiger partial charge in [-0.05, 0) is 37.6 Å². The van der Waals surface area contributed by atoms with Crippen molar-refractivity contribution in [3.8, 4) is 0 Å². The fourth-order valence-corrected chi connectivity index (χ4v) is 2.01. The van der Waals surface area contributed by atoms with Crippen LogP contribution in [0.15, 0.2) is 22.8 Å². The predicted octanol–water partition coefficient (Wildman–Crippen LogP) is 1.71. The number of hydrogen-bond donors (Lipinski definition) is 1. The molecule has 0 radical (unpaired) electrons. The van der Waals surface area contributed by atoms with Crippen LogP contribution in [0.5, 0.6) is 0 Å². The van der Waals surface area contributed by atoms with Gasteiger partial charge in [-0.3, -0.25) is 4.79 Å². The fraction of sp³-hybridized carbons (Fsp3) is 0.545. The van der Waals surface area contributed by atoms with E-state index in [1.807, 2.05) is 0 Å². The first kappa shape index (κ1) is 9.46. The molecule has 3 heteroatoms. The first-order valence-electron chi connectivity index (χ1n) is 5.07. The number of hydrogen-bond acceptors (Lipinski definition) is 3. The van der Waals surface area contributed by atoms with E-state index in [0.717, 1.165) is 19.5 Å². The largest absolute Gasteiger partial charge is 0.461 e. The summed E-state index contributed by atoms with van der Waals surface area (Å²) in [6.45, 7) is 3.97. The van der Waals surface area contributed by atoms with Gasteiger partial charge in [-0.1, -0.05) is 6.92 Å². The van der Waals surface area contributed by atoms with Crippen LogP contribution in [0, 0.1) is 11.8 Å². The van der Waals surface area contributed by atoms with Gasteiger partial charge in [0.25, 0.3) is 0 Å². The second kappa shape index (κ2) is 3.96. The van der Waals surface area contributed by atoms with Crippen molar-refractivity contribution in [1.29, 1.82) is 0 Å². The van der Waals surface area contributed by atoms with Crippen LogP contribution < -0.4 is 5.32 Å². The molecule has 3 nitrogen and oxygen atoms in total. The number of carbonyl (C=O) groups is 1. The minimum absolute atomic E-state index is 0.127. The molecule has 0 saturated carbocycles. The van der Waals surface area contributed by atoms with E-state index in [2.05, 4.69) is 12.2 Å². The maximum Gasteiger partial charge on any atom is 0.201 e. The Bertz CT molecular complexity index is 305. The van der Waals surface area contributed by atoms with Crippen LogP contribution in [-0.4, -0.2) is 18.9 Å². The SMILES string of the molecule is CC1CNCCC1C(=O)c1ccco1. The topological polar surface area (TPSA) is 42.2 Å². The van der Waals surface area contributed by atoms with Crippen LogP contribution in [0.25, 0.3) is 0 Å². The molecule has 0 aliphatic carbocycles. The summed E-state index contributed by atoms with van der Waals surface area (Å²) < 4.78 is 5.13. The van der Waals surface area contributed by atoms with Crippen LogP contribution >= 0.6 is 0 Å². The number of nitrogens with one attached hydrogen (secondary N) is 1. The summed E-state index contributed by atoms with van der Waals surface area (Å²) >= 11 is 0. The molecule has 1 aromatic heterocycles. The predicted molar refractivity (Wildman–Crippen MR) is 53.2 cm³/mol. The zero-order valence-corrected chi connectivity index (χ0v) is 8.32. The van der Waals surface area contributed by atoms with E-state index in [-0.39, 0.29) is 11.7 Å². The van der Waals surface area contributed by atoms with Gasteiger partial charge in [0.1, 0.15) is 0 Å². The van der Waals surface area contributed by atoms with Gasteiger partial charge < -0.3 is 9.73 Å². The third kappa shape index (κ3) is 1.73. The molecule has 1 aromatic rings. The number of ketones is 1. The van der Waals surface area contributed by atoms with Gasteiger partial charge in [-0.25, -0.2) is 0 Å². The van der Waals surface area contributed by atoms with Crippen LogP contribution in [-0.2, 0) is 0 Å². The average Bonchev–Trinajstić information content (AvgIpc) is 2.70. The van der Waals surface area contributed by atoms with E-state index in [4.69, 9.17) is 4.42 Å². The highest BCUT2D eigenvalue weighted by Crippen LogP contribution is 2.23. The molecule has 2 unspecified atom stereocenters. The van der Waals surface area contributed by atoms with Crippen molar-refractivity contribution in [1.82, 2.24) is 5.32 Å². The molecular weight excluding hydrogens is 178 g/mol. The maximum atomic E-state index is 11.9. The Morgan fingerprint density at radius 1 is 1.64 bits per heavy atom. The molecule has 2 rings (SSSR count). The smallest absolute Gasteiger partial charge is 0.201 e. The molecule has 14 heavy (non-hydrogen) atoms. The molecule has 76 valence electrons. The normalized spacial score (nSPS) is 27.5. The Kier molecular flexibility index (Phi) is 2.68. The van der Waals surface area contributed by atoms with E-state index < -0.39 is 0 Å². The molecule has 2 atom stereocenters. The molecule has 2 heterocycles. The van der Waals surface area contributed by atoms with Crippen molar-refractivity contribution in [3.63, 3.8) is 0 Å². The standard InChI is InChI=1S/C11H15NO2/c1-8-7-12-5-4-9(8)11(13)10-3-2-6-14-10/h2-3,6,8-9,12H,4-5,7H2,1H3. The van der Waals surface area contributed by atoms with Crippen LogP contribution in [0.1, 0.15) is 23.9 Å². The van der Waals surface area contributed by atoms with Crippen molar-refractivity contribution < 1.29 is 9.21 Å². The van der Waals surface area contributed by atoms with E-state index in [1.54, 1.807) is 18.4 Å². The zero-order valence-electron chi connectivity index (χ0n) is 8.32. The number of rotatable bonds is 2. The molecule has 1 aliphatic heterocycles. The van der Waals surface area contributed by atoms with Crippen molar-refractivity contribution in [3.05, 3.63) is 24.2 Å². The van der Waals surface area contributed by atoms with Crippen molar-refractivity contribution in [2.45, 2.75) is 13.3 Å². The number of Topliss-reactive ketones (excluding diaryl/α,β-unsaturated/α-hetero) is 1. The zero-order chi connectivity index (χ0) is 9.97. The van der Waals surface area contributed by atoms with E-state index in [0.29, 0.717) is 11.7 Å². The van der Waals surface area contributed by atoms with Gasteiger partial charge in [0.05, 0.1) is 6.26 Å². The minimum atomic E-state index is 0.127. The van der Waals surface area contributed by atoms with Crippen LogP contribution in [0.2, 0.25) is 0 Å². The molecule has 0 spiro atoms. The third-order valence-electron chi connectivity index (χ3n) is 2.89. The lowest BCUT2D eigenvalue weighted by Gasteiger charge is -2.27. The molecule has 1 fully saturated rings. The maximum absolute atomic E-state index is 11.9. The Hall–Kier alpha value is -1.09. The third-order valence-corrected chi connectivity index (χ3v) is 2.89.